The highest BCUT2D eigenvalue weighted by atomic mass is 19.1. The minimum absolute atomic E-state index is 0.0409. The minimum atomic E-state index is -0.583. The van der Waals surface area contributed by atoms with E-state index >= 15 is 0 Å². The van der Waals surface area contributed by atoms with E-state index in [2.05, 4.69) is 58.5 Å². The van der Waals surface area contributed by atoms with Crippen LogP contribution >= 0.6 is 0 Å². The third-order valence-corrected chi connectivity index (χ3v) is 9.26. The number of nitroso groups, excluding NO2 is 1. The monoisotopic (exact) mass is 678 g/mol. The molecule has 1 saturated heterocycles. The average Bonchev–Trinajstić information content (AvgIpc) is 3.38. The molecule has 2 amide bonds. The maximum atomic E-state index is 14.9. The van der Waals surface area contributed by atoms with E-state index in [1.165, 1.54) is 38.5 Å². The Morgan fingerprint density at radius 2 is 1.52 bits per heavy atom. The minimum Gasteiger partial charge on any atom is -0.342 e. The van der Waals surface area contributed by atoms with Gasteiger partial charge in [-0.15, -0.1) is 4.91 Å². The normalized spacial score (nSPS) is 18.7. The van der Waals surface area contributed by atoms with E-state index in [1.54, 1.807) is 19.9 Å². The molecule has 2 fully saturated rings. The van der Waals surface area contributed by atoms with E-state index < -0.39 is 5.91 Å². The second-order valence-corrected chi connectivity index (χ2v) is 14.6. The number of halogens is 1. The fourth-order valence-corrected chi connectivity index (χ4v) is 5.86. The third-order valence-electron chi connectivity index (χ3n) is 9.26. The van der Waals surface area contributed by atoms with Crippen LogP contribution in [-0.4, -0.2) is 53.3 Å². The Kier molecular flexibility index (Phi) is 26.7. The van der Waals surface area contributed by atoms with Gasteiger partial charge in [-0.1, -0.05) is 126 Å². The summed E-state index contributed by atoms with van der Waals surface area (Å²) in [4.78, 5) is 37.4. The summed E-state index contributed by atoms with van der Waals surface area (Å²) >= 11 is 0. The third kappa shape index (κ3) is 18.6. The van der Waals surface area contributed by atoms with Crippen molar-refractivity contribution in [1.82, 2.24) is 9.80 Å². The molecule has 0 bridgehead atoms. The number of benzene rings is 1. The summed E-state index contributed by atoms with van der Waals surface area (Å²) in [5, 5.41) is 2.20. The first-order chi connectivity index (χ1) is 22.7. The van der Waals surface area contributed by atoms with Gasteiger partial charge in [-0.25, -0.2) is 4.39 Å². The lowest BCUT2D eigenvalue weighted by Gasteiger charge is -2.32. The molecule has 0 aromatic heterocycles. The van der Waals surface area contributed by atoms with E-state index in [0.29, 0.717) is 18.0 Å². The van der Waals surface area contributed by atoms with Gasteiger partial charge in [-0.3, -0.25) is 14.5 Å². The number of aryl methyl sites for hydroxylation is 1. The summed E-state index contributed by atoms with van der Waals surface area (Å²) in [6.07, 6.45) is 12.0. The molecular weight excluding hydrogens is 601 g/mol. The number of hydrogen-bond acceptors (Lipinski definition) is 4. The average molecular weight is 678 g/mol. The Labute approximate surface area is 296 Å². The molecule has 1 aliphatic heterocycles. The molecule has 3 rings (SSSR count). The first-order valence-electron chi connectivity index (χ1n) is 19.3. The van der Waals surface area contributed by atoms with Crippen LogP contribution in [0.5, 0.6) is 0 Å². The number of carbonyl (C=O) groups excluding carboxylic acids is 2. The van der Waals surface area contributed by atoms with Crippen LogP contribution in [0, 0.1) is 41.3 Å². The Morgan fingerprint density at radius 3 is 1.94 bits per heavy atom. The van der Waals surface area contributed by atoms with Crippen LogP contribution in [0.4, 0.5) is 4.39 Å². The quantitative estimate of drug-likeness (QED) is 0.193. The van der Waals surface area contributed by atoms with Gasteiger partial charge in [-0.05, 0) is 69.6 Å². The van der Waals surface area contributed by atoms with Crippen LogP contribution in [0.25, 0.3) is 0 Å². The van der Waals surface area contributed by atoms with Crippen LogP contribution in [-0.2, 0) is 9.59 Å². The van der Waals surface area contributed by atoms with Gasteiger partial charge in [0.1, 0.15) is 5.82 Å². The number of nitrogens with zero attached hydrogens (tertiary/aromatic N) is 3. The number of carbonyl (C=O) groups is 2. The topological polar surface area (TPSA) is 70.0 Å². The number of rotatable bonds is 9. The van der Waals surface area contributed by atoms with E-state index in [0.717, 1.165) is 50.4 Å². The molecule has 1 heterocycles. The molecule has 1 aromatic rings. The number of likely N-dealkylation sites (tertiary alicyclic amines) is 1. The summed E-state index contributed by atoms with van der Waals surface area (Å²) in [5.41, 5.74) is 1.57. The molecular formula is C41H76FN3O3. The van der Waals surface area contributed by atoms with Crippen molar-refractivity contribution >= 4 is 11.8 Å². The van der Waals surface area contributed by atoms with Gasteiger partial charge in [0.2, 0.25) is 5.91 Å². The lowest BCUT2D eigenvalue weighted by molar-refractivity contribution is -0.136. The Balaban J connectivity index is 0. The fourth-order valence-electron chi connectivity index (χ4n) is 5.86. The zero-order valence-corrected chi connectivity index (χ0v) is 33.8. The lowest BCUT2D eigenvalue weighted by atomic mass is 9.87. The van der Waals surface area contributed by atoms with Crippen molar-refractivity contribution in [3.8, 4) is 0 Å². The van der Waals surface area contributed by atoms with Crippen molar-refractivity contribution in [1.29, 1.82) is 0 Å². The Morgan fingerprint density at radius 1 is 0.958 bits per heavy atom. The summed E-state index contributed by atoms with van der Waals surface area (Å²) in [6.45, 7) is 31.6. The predicted octanol–water partition coefficient (Wildman–Crippen LogP) is 11.6. The molecule has 1 saturated carbocycles. The van der Waals surface area contributed by atoms with Crippen molar-refractivity contribution in [3.05, 3.63) is 40.1 Å². The first kappa shape index (κ1) is 48.0. The predicted molar refractivity (Wildman–Crippen MR) is 205 cm³/mol. The first-order valence-corrected chi connectivity index (χ1v) is 19.3. The second-order valence-electron chi connectivity index (χ2n) is 14.6. The standard InChI is InChI=1S/C25H41FN2O.C8H16.C4H7NO2.2C2H6/c1-8-13-27(14-12-18(3)9-2)24(29)22-17-28(25(5,6)7)16-21(22)20-11-10-19(4)15-23(20)26;1-8-6-4-2-3-5-7-8;1-3(2)4(6)5-7;2*1-2/h10-11,15,18,21-22H,8-9,12-14,16-17H2,1-7H3;8H,2-7H2,1H3;3H,1-2H3;2*1-2H3/t18?,21-,22?;;;;/m0..../s1. The van der Waals surface area contributed by atoms with Gasteiger partial charge in [0.25, 0.3) is 5.91 Å². The molecule has 2 unspecified atom stereocenters. The van der Waals surface area contributed by atoms with Crippen molar-refractivity contribution < 1.29 is 14.0 Å². The molecule has 1 aliphatic carbocycles. The zero-order chi connectivity index (χ0) is 37.4. The Bertz CT molecular complexity index is 999. The van der Waals surface area contributed by atoms with Gasteiger partial charge < -0.3 is 4.90 Å². The van der Waals surface area contributed by atoms with E-state index in [4.69, 9.17) is 0 Å². The summed E-state index contributed by atoms with van der Waals surface area (Å²) in [7, 11) is 0. The van der Waals surface area contributed by atoms with Crippen molar-refractivity contribution in [2.75, 3.05) is 26.2 Å². The van der Waals surface area contributed by atoms with E-state index in [9.17, 15) is 18.9 Å². The van der Waals surface area contributed by atoms with Crippen LogP contribution in [0.1, 0.15) is 165 Å². The van der Waals surface area contributed by atoms with Crippen LogP contribution in [0.3, 0.4) is 0 Å². The molecule has 1 aromatic carbocycles. The van der Waals surface area contributed by atoms with Gasteiger partial charge in [0.15, 0.2) is 0 Å². The molecule has 280 valence electrons. The molecule has 0 radical (unpaired) electrons. The van der Waals surface area contributed by atoms with Gasteiger partial charge in [-0.2, -0.15) is 0 Å². The zero-order valence-electron chi connectivity index (χ0n) is 33.8. The highest BCUT2D eigenvalue weighted by Gasteiger charge is 2.44. The summed E-state index contributed by atoms with van der Waals surface area (Å²) in [5.74, 6) is 0.550. The van der Waals surface area contributed by atoms with Gasteiger partial charge in [0, 0.05) is 48.7 Å². The molecule has 7 heteroatoms. The molecule has 6 nitrogen and oxygen atoms in total. The maximum absolute atomic E-state index is 14.9. The molecule has 3 atom stereocenters. The lowest BCUT2D eigenvalue weighted by Crippen LogP contribution is -2.43. The summed E-state index contributed by atoms with van der Waals surface area (Å²) < 4.78 is 14.9. The van der Waals surface area contributed by atoms with E-state index in [1.807, 2.05) is 51.7 Å². The SMILES string of the molecule is CC.CC.CC(C)C(=O)N=O.CC1CCCCCC1.CCCN(CCC(C)CC)C(=O)C1CN(C(C)(C)C)C[C@H]1c1ccc(C)cc1F. The van der Waals surface area contributed by atoms with Crippen molar-refractivity contribution in [2.45, 2.75) is 166 Å². The highest BCUT2D eigenvalue weighted by molar-refractivity contribution is 5.81. The van der Waals surface area contributed by atoms with E-state index in [-0.39, 0.29) is 35.0 Å². The molecule has 0 spiro atoms. The van der Waals surface area contributed by atoms with Crippen molar-refractivity contribution in [2.24, 2.45) is 28.8 Å². The Hall–Kier alpha value is -2.15. The highest BCUT2D eigenvalue weighted by Crippen LogP contribution is 2.38. The number of amides is 2. The van der Waals surface area contributed by atoms with Crippen LogP contribution in [0.15, 0.2) is 23.4 Å². The maximum Gasteiger partial charge on any atom is 0.288 e. The molecule has 48 heavy (non-hydrogen) atoms. The van der Waals surface area contributed by atoms with Crippen molar-refractivity contribution in [3.63, 3.8) is 0 Å². The fraction of sp³-hybridized carbons (Fsp3) is 0.805. The second kappa shape index (κ2) is 26.7. The molecule has 2 aliphatic rings. The molecule has 0 N–H and O–H groups in total. The van der Waals surface area contributed by atoms with Gasteiger partial charge in [0.05, 0.1) is 5.92 Å². The largest absolute Gasteiger partial charge is 0.342 e. The smallest absolute Gasteiger partial charge is 0.288 e. The van der Waals surface area contributed by atoms with Crippen LogP contribution in [0.2, 0.25) is 0 Å². The summed E-state index contributed by atoms with van der Waals surface area (Å²) in [6, 6.07) is 5.46. The number of hydrogen-bond donors (Lipinski definition) is 0. The van der Waals surface area contributed by atoms with Gasteiger partial charge >= 0.3 is 0 Å². The van der Waals surface area contributed by atoms with Crippen LogP contribution < -0.4 is 0 Å².